The average Bonchev–Trinajstić information content (AvgIpc) is 3.40. The SMILES string of the molecule is CCc1coc(CSc2nc3c(c(=O)n(C)c(=O)n3C)n2Cc2ccc(C#N)cc2)n1. The highest BCUT2D eigenvalue weighted by atomic mass is 32.2. The third-order valence-corrected chi connectivity index (χ3v) is 5.98. The van der Waals surface area contributed by atoms with E-state index < -0.39 is 11.2 Å². The summed E-state index contributed by atoms with van der Waals surface area (Å²) >= 11 is 1.39. The minimum Gasteiger partial charge on any atom is -0.448 e. The largest absolute Gasteiger partial charge is 0.448 e. The van der Waals surface area contributed by atoms with Crippen LogP contribution in [0.25, 0.3) is 11.2 Å². The fraction of sp³-hybridized carbons (Fsp3) is 0.286. The van der Waals surface area contributed by atoms with Crippen molar-refractivity contribution in [3.63, 3.8) is 0 Å². The molecule has 4 rings (SSSR count). The first-order chi connectivity index (χ1) is 14.9. The molecule has 0 aliphatic rings. The van der Waals surface area contributed by atoms with Crippen LogP contribution in [-0.2, 0) is 32.8 Å². The Labute approximate surface area is 181 Å². The quantitative estimate of drug-likeness (QED) is 0.426. The van der Waals surface area contributed by atoms with Gasteiger partial charge in [-0.3, -0.25) is 13.9 Å². The van der Waals surface area contributed by atoms with Gasteiger partial charge in [-0.2, -0.15) is 5.26 Å². The van der Waals surface area contributed by atoms with Gasteiger partial charge in [-0.15, -0.1) is 0 Å². The fourth-order valence-electron chi connectivity index (χ4n) is 3.25. The molecule has 1 aromatic carbocycles. The van der Waals surface area contributed by atoms with E-state index in [9.17, 15) is 9.59 Å². The predicted molar refractivity (Wildman–Crippen MR) is 116 cm³/mol. The number of aryl methyl sites for hydroxylation is 2. The van der Waals surface area contributed by atoms with Crippen molar-refractivity contribution in [1.82, 2.24) is 23.7 Å². The molecule has 10 heteroatoms. The molecule has 0 saturated carbocycles. The molecule has 0 aliphatic carbocycles. The molecule has 0 saturated heterocycles. The molecule has 0 radical (unpaired) electrons. The highest BCUT2D eigenvalue weighted by molar-refractivity contribution is 7.98. The highest BCUT2D eigenvalue weighted by Gasteiger charge is 2.20. The van der Waals surface area contributed by atoms with Crippen molar-refractivity contribution in [2.75, 3.05) is 0 Å². The molecule has 0 amide bonds. The molecule has 0 unspecified atom stereocenters. The van der Waals surface area contributed by atoms with Crippen molar-refractivity contribution in [2.45, 2.75) is 30.8 Å². The Morgan fingerprint density at radius 2 is 1.87 bits per heavy atom. The van der Waals surface area contributed by atoms with Crippen LogP contribution in [0.3, 0.4) is 0 Å². The number of oxazole rings is 1. The van der Waals surface area contributed by atoms with Gasteiger partial charge in [0.25, 0.3) is 5.56 Å². The molecule has 0 spiro atoms. The van der Waals surface area contributed by atoms with E-state index >= 15 is 0 Å². The van der Waals surface area contributed by atoms with Crippen molar-refractivity contribution in [2.24, 2.45) is 14.1 Å². The van der Waals surface area contributed by atoms with Crippen LogP contribution in [-0.4, -0.2) is 23.7 Å². The van der Waals surface area contributed by atoms with Gasteiger partial charge in [-0.05, 0) is 24.1 Å². The topological polar surface area (TPSA) is 112 Å². The third-order valence-electron chi connectivity index (χ3n) is 5.02. The maximum atomic E-state index is 12.9. The Hall–Kier alpha value is -3.58. The van der Waals surface area contributed by atoms with Crippen LogP contribution in [0.2, 0.25) is 0 Å². The van der Waals surface area contributed by atoms with Crippen LogP contribution in [0, 0.1) is 11.3 Å². The van der Waals surface area contributed by atoms with Crippen LogP contribution in [0.1, 0.15) is 29.6 Å². The third kappa shape index (κ3) is 3.80. The van der Waals surface area contributed by atoms with E-state index in [1.54, 1.807) is 30.0 Å². The first kappa shape index (κ1) is 20.7. The number of benzene rings is 1. The van der Waals surface area contributed by atoms with E-state index in [4.69, 9.17) is 9.68 Å². The molecule has 0 atom stereocenters. The Balaban J connectivity index is 1.81. The summed E-state index contributed by atoms with van der Waals surface area (Å²) < 4.78 is 9.75. The van der Waals surface area contributed by atoms with E-state index in [1.165, 1.54) is 23.4 Å². The molecule has 3 aromatic heterocycles. The first-order valence-electron chi connectivity index (χ1n) is 9.64. The number of nitriles is 1. The van der Waals surface area contributed by atoms with Gasteiger partial charge in [0.05, 0.1) is 29.6 Å². The van der Waals surface area contributed by atoms with E-state index in [2.05, 4.69) is 16.0 Å². The van der Waals surface area contributed by atoms with Crippen molar-refractivity contribution in [1.29, 1.82) is 5.26 Å². The lowest BCUT2D eigenvalue weighted by molar-refractivity contribution is 0.516. The predicted octanol–water partition coefficient (Wildman–Crippen LogP) is 2.20. The van der Waals surface area contributed by atoms with Crippen molar-refractivity contribution >= 4 is 22.9 Å². The van der Waals surface area contributed by atoms with Crippen molar-refractivity contribution in [3.05, 3.63) is 74.1 Å². The monoisotopic (exact) mass is 436 g/mol. The maximum absolute atomic E-state index is 12.9. The van der Waals surface area contributed by atoms with Gasteiger partial charge < -0.3 is 8.98 Å². The lowest BCUT2D eigenvalue weighted by Gasteiger charge is -2.09. The second-order valence-corrected chi connectivity index (χ2v) is 7.98. The number of hydrogen-bond acceptors (Lipinski definition) is 7. The van der Waals surface area contributed by atoms with Gasteiger partial charge in [-0.25, -0.2) is 14.8 Å². The minimum absolute atomic E-state index is 0.325. The molecule has 9 nitrogen and oxygen atoms in total. The summed E-state index contributed by atoms with van der Waals surface area (Å²) in [6.07, 6.45) is 2.42. The molecule has 0 fully saturated rings. The summed E-state index contributed by atoms with van der Waals surface area (Å²) in [5.41, 5.74) is 2.16. The fourth-order valence-corrected chi connectivity index (χ4v) is 4.10. The van der Waals surface area contributed by atoms with Gasteiger partial charge >= 0.3 is 5.69 Å². The van der Waals surface area contributed by atoms with Crippen LogP contribution in [0.15, 0.2) is 49.7 Å². The molecular formula is C21H20N6O3S. The molecular weight excluding hydrogens is 416 g/mol. The number of nitrogens with zero attached hydrogens (tertiary/aromatic N) is 6. The Kier molecular flexibility index (Phi) is 5.52. The van der Waals surface area contributed by atoms with Gasteiger partial charge in [0.15, 0.2) is 16.3 Å². The first-order valence-corrected chi connectivity index (χ1v) is 10.6. The number of hydrogen-bond donors (Lipinski definition) is 0. The number of rotatable bonds is 6. The minimum atomic E-state index is -0.433. The second kappa shape index (κ2) is 8.28. The summed E-state index contributed by atoms with van der Waals surface area (Å²) in [6, 6.07) is 9.24. The van der Waals surface area contributed by atoms with Gasteiger partial charge in [0.1, 0.15) is 6.26 Å². The normalized spacial score (nSPS) is 11.2. The zero-order valence-electron chi connectivity index (χ0n) is 17.3. The number of fused-ring (bicyclic) bond motifs is 1. The van der Waals surface area contributed by atoms with Gasteiger partial charge in [0.2, 0.25) is 5.89 Å². The molecule has 0 N–H and O–H groups in total. The smallest absolute Gasteiger partial charge is 0.332 e. The second-order valence-electron chi connectivity index (χ2n) is 7.04. The highest BCUT2D eigenvalue weighted by Crippen LogP contribution is 2.26. The van der Waals surface area contributed by atoms with Crippen LogP contribution < -0.4 is 11.2 Å². The molecule has 3 heterocycles. The molecule has 4 aromatic rings. The number of aromatic nitrogens is 5. The molecule has 0 aliphatic heterocycles. The number of thioether (sulfide) groups is 1. The summed E-state index contributed by atoms with van der Waals surface area (Å²) in [4.78, 5) is 34.3. The van der Waals surface area contributed by atoms with E-state index in [0.29, 0.717) is 40.1 Å². The Bertz CT molecular complexity index is 1420. The summed E-state index contributed by atoms with van der Waals surface area (Å²) in [5, 5.41) is 9.61. The standard InChI is InChI=1S/C21H20N6O3S/c1-4-15-11-30-16(23-15)12-31-20-24-18-17(19(28)26(3)21(29)25(18)2)27(20)10-14-7-5-13(9-22)6-8-14/h5-8,11H,4,10,12H2,1-3H3. The van der Waals surface area contributed by atoms with Gasteiger partial charge in [0, 0.05) is 14.1 Å². The molecule has 31 heavy (non-hydrogen) atoms. The zero-order valence-corrected chi connectivity index (χ0v) is 18.1. The number of imidazole rings is 1. The lowest BCUT2D eigenvalue weighted by atomic mass is 10.1. The summed E-state index contributed by atoms with van der Waals surface area (Å²) in [5.74, 6) is 1.01. The van der Waals surface area contributed by atoms with E-state index in [-0.39, 0.29) is 0 Å². The molecule has 158 valence electrons. The van der Waals surface area contributed by atoms with E-state index in [0.717, 1.165) is 22.2 Å². The Morgan fingerprint density at radius 3 is 2.52 bits per heavy atom. The summed E-state index contributed by atoms with van der Waals surface area (Å²) in [7, 11) is 3.05. The van der Waals surface area contributed by atoms with E-state index in [1.807, 2.05) is 19.1 Å². The maximum Gasteiger partial charge on any atom is 0.332 e. The van der Waals surface area contributed by atoms with Gasteiger partial charge in [-0.1, -0.05) is 30.8 Å². The average molecular weight is 436 g/mol. The van der Waals surface area contributed by atoms with Crippen molar-refractivity contribution < 1.29 is 4.42 Å². The van der Waals surface area contributed by atoms with Crippen molar-refractivity contribution in [3.8, 4) is 6.07 Å². The van der Waals surface area contributed by atoms with Crippen LogP contribution in [0.4, 0.5) is 0 Å². The van der Waals surface area contributed by atoms with Crippen LogP contribution >= 0.6 is 11.8 Å². The lowest BCUT2D eigenvalue weighted by Crippen LogP contribution is -2.37. The zero-order chi connectivity index (χ0) is 22.1. The van der Waals surface area contributed by atoms with Crippen LogP contribution in [0.5, 0.6) is 0 Å². The Morgan fingerprint density at radius 1 is 1.13 bits per heavy atom. The molecule has 0 bridgehead atoms. The summed E-state index contributed by atoms with van der Waals surface area (Å²) in [6.45, 7) is 2.37.